The Morgan fingerprint density at radius 1 is 0.511 bits per heavy atom. The average molecular weight is 594 g/mol. The Labute approximate surface area is 267 Å². The second-order valence-electron chi connectivity index (χ2n) is 12.5. The summed E-state index contributed by atoms with van der Waals surface area (Å²) in [5.74, 6) is 0. The molecular formula is C43H31NS. The van der Waals surface area contributed by atoms with Crippen molar-refractivity contribution >= 4 is 59.3 Å². The third kappa shape index (κ3) is 3.92. The van der Waals surface area contributed by atoms with Crippen LogP contribution in [-0.4, -0.2) is 0 Å². The Kier molecular flexibility index (Phi) is 5.78. The molecule has 8 aromatic rings. The number of benzene rings is 7. The van der Waals surface area contributed by atoms with E-state index in [1.165, 1.54) is 81.4 Å². The van der Waals surface area contributed by atoms with Crippen molar-refractivity contribution in [3.63, 3.8) is 0 Å². The molecule has 0 spiro atoms. The summed E-state index contributed by atoms with van der Waals surface area (Å²) >= 11 is 1.87. The number of hydrogen-bond donors (Lipinski definition) is 0. The normalized spacial score (nSPS) is 13.3. The molecule has 0 unspecified atom stereocenters. The first-order chi connectivity index (χ1) is 22.1. The zero-order chi connectivity index (χ0) is 30.1. The molecule has 214 valence electrons. The van der Waals surface area contributed by atoms with Crippen LogP contribution in [0.5, 0.6) is 0 Å². The molecule has 1 heterocycles. The number of nitrogens with zero attached hydrogens (tertiary/aromatic N) is 1. The van der Waals surface area contributed by atoms with Gasteiger partial charge in [-0.3, -0.25) is 0 Å². The molecule has 0 bridgehead atoms. The first-order valence-electron chi connectivity index (χ1n) is 15.6. The van der Waals surface area contributed by atoms with Gasteiger partial charge in [0.1, 0.15) is 0 Å². The molecule has 2 heteroatoms. The molecule has 7 aromatic carbocycles. The second-order valence-corrected chi connectivity index (χ2v) is 13.6. The number of rotatable bonds is 4. The molecule has 1 aromatic heterocycles. The Morgan fingerprint density at radius 3 is 2.11 bits per heavy atom. The summed E-state index contributed by atoms with van der Waals surface area (Å²) in [5.41, 5.74) is 11.4. The first kappa shape index (κ1) is 26.2. The maximum Gasteiger partial charge on any atom is 0.0555 e. The Hall–Kier alpha value is -5.18. The SMILES string of the molecule is CC1(C)c2ccccc2-c2ccc(N(c3ccc4ccccc4c3-c3ccccc3)c3cccc4sc5ccccc5c34)cc21. The van der Waals surface area contributed by atoms with Gasteiger partial charge in [0.05, 0.1) is 11.4 Å². The van der Waals surface area contributed by atoms with Crippen molar-refractivity contribution in [2.75, 3.05) is 4.90 Å². The third-order valence-electron chi connectivity index (χ3n) is 9.66. The van der Waals surface area contributed by atoms with Crippen molar-refractivity contribution in [1.29, 1.82) is 0 Å². The molecule has 0 amide bonds. The highest BCUT2D eigenvalue weighted by molar-refractivity contribution is 7.26. The van der Waals surface area contributed by atoms with Crippen LogP contribution >= 0.6 is 11.3 Å². The van der Waals surface area contributed by atoms with Crippen LogP contribution in [0.25, 0.3) is 53.2 Å². The summed E-state index contributed by atoms with van der Waals surface area (Å²) in [5, 5.41) is 5.09. The Balaban J connectivity index is 1.39. The fourth-order valence-corrected chi connectivity index (χ4v) is 8.66. The molecule has 0 N–H and O–H groups in total. The van der Waals surface area contributed by atoms with Crippen molar-refractivity contribution < 1.29 is 0 Å². The van der Waals surface area contributed by atoms with Crippen LogP contribution < -0.4 is 4.90 Å². The predicted molar refractivity (Wildman–Crippen MR) is 195 cm³/mol. The monoisotopic (exact) mass is 593 g/mol. The van der Waals surface area contributed by atoms with Crippen molar-refractivity contribution in [3.8, 4) is 22.3 Å². The van der Waals surface area contributed by atoms with E-state index in [-0.39, 0.29) is 5.41 Å². The van der Waals surface area contributed by atoms with Crippen molar-refractivity contribution in [3.05, 3.63) is 163 Å². The highest BCUT2D eigenvalue weighted by atomic mass is 32.1. The van der Waals surface area contributed by atoms with Gasteiger partial charge in [-0.25, -0.2) is 0 Å². The van der Waals surface area contributed by atoms with Crippen LogP contribution in [0.3, 0.4) is 0 Å². The van der Waals surface area contributed by atoms with Crippen LogP contribution in [0, 0.1) is 0 Å². The highest BCUT2D eigenvalue weighted by Crippen LogP contribution is 2.53. The van der Waals surface area contributed by atoms with Gasteiger partial charge < -0.3 is 4.90 Å². The smallest absolute Gasteiger partial charge is 0.0555 e. The number of hydrogen-bond acceptors (Lipinski definition) is 2. The lowest BCUT2D eigenvalue weighted by Gasteiger charge is -2.31. The molecule has 1 aliphatic carbocycles. The van der Waals surface area contributed by atoms with Gasteiger partial charge in [-0.2, -0.15) is 0 Å². The number of thiophene rings is 1. The van der Waals surface area contributed by atoms with Crippen molar-refractivity contribution in [1.82, 2.24) is 0 Å². The average Bonchev–Trinajstić information content (AvgIpc) is 3.58. The van der Waals surface area contributed by atoms with E-state index in [1.54, 1.807) is 0 Å². The van der Waals surface area contributed by atoms with E-state index >= 15 is 0 Å². The Bertz CT molecular complexity index is 2410. The van der Waals surface area contributed by atoms with Gasteiger partial charge in [0.25, 0.3) is 0 Å². The maximum atomic E-state index is 2.52. The number of fused-ring (bicyclic) bond motifs is 7. The van der Waals surface area contributed by atoms with Crippen LogP contribution in [0.15, 0.2) is 152 Å². The predicted octanol–water partition coefficient (Wildman–Crippen LogP) is 12.7. The highest BCUT2D eigenvalue weighted by Gasteiger charge is 2.36. The van der Waals surface area contributed by atoms with E-state index < -0.39 is 0 Å². The molecule has 0 saturated carbocycles. The van der Waals surface area contributed by atoms with Crippen molar-refractivity contribution in [2.45, 2.75) is 19.3 Å². The lowest BCUT2D eigenvalue weighted by atomic mass is 9.82. The first-order valence-corrected chi connectivity index (χ1v) is 16.4. The van der Waals surface area contributed by atoms with Gasteiger partial charge in [0.2, 0.25) is 0 Å². The summed E-state index contributed by atoms with van der Waals surface area (Å²) < 4.78 is 2.61. The van der Waals surface area contributed by atoms with Gasteiger partial charge in [-0.15, -0.1) is 11.3 Å². The van der Waals surface area contributed by atoms with Crippen LogP contribution in [0.1, 0.15) is 25.0 Å². The van der Waals surface area contributed by atoms with Gasteiger partial charge in [-0.05, 0) is 75.0 Å². The summed E-state index contributed by atoms with van der Waals surface area (Å²) in [7, 11) is 0. The third-order valence-corrected chi connectivity index (χ3v) is 10.8. The summed E-state index contributed by atoms with van der Waals surface area (Å²) in [4.78, 5) is 2.52. The largest absolute Gasteiger partial charge is 0.309 e. The standard InChI is InChI=1S/C43H31NS/c1-43(2)35-19-10-8-17-32(35)33-25-24-30(27-36(33)43)44(37-20-12-22-40-42(37)34-18-9-11-21-39(34)45-40)38-26-23-28-13-6-7-16-31(28)41(38)29-14-4-3-5-15-29/h3-27H,1-2H3. The van der Waals surface area contributed by atoms with Gasteiger partial charge >= 0.3 is 0 Å². The van der Waals surface area contributed by atoms with Gasteiger partial charge in [0.15, 0.2) is 0 Å². The lowest BCUT2D eigenvalue weighted by molar-refractivity contribution is 0.660. The second kappa shape index (κ2) is 9.92. The van der Waals surface area contributed by atoms with Crippen LogP contribution in [-0.2, 0) is 5.41 Å². The van der Waals surface area contributed by atoms with E-state index in [1.807, 2.05) is 11.3 Å². The molecule has 1 aliphatic rings. The van der Waals surface area contributed by atoms with E-state index in [9.17, 15) is 0 Å². The summed E-state index contributed by atoms with van der Waals surface area (Å²) in [6.45, 7) is 4.73. The molecule has 45 heavy (non-hydrogen) atoms. The van der Waals surface area contributed by atoms with E-state index in [0.29, 0.717) is 0 Å². The summed E-state index contributed by atoms with van der Waals surface area (Å²) in [6.07, 6.45) is 0. The topological polar surface area (TPSA) is 3.24 Å². The zero-order valence-corrected chi connectivity index (χ0v) is 26.1. The number of anilines is 3. The fraction of sp³-hybridized carbons (Fsp3) is 0.0698. The van der Waals surface area contributed by atoms with Gasteiger partial charge in [-0.1, -0.05) is 129 Å². The molecule has 0 saturated heterocycles. The molecule has 0 aliphatic heterocycles. The minimum absolute atomic E-state index is 0.0969. The van der Waals surface area contributed by atoms with Crippen LogP contribution in [0.4, 0.5) is 17.1 Å². The van der Waals surface area contributed by atoms with E-state index in [0.717, 1.165) is 0 Å². The summed E-state index contributed by atoms with van der Waals surface area (Å²) in [6, 6.07) is 55.9. The molecule has 0 fully saturated rings. The van der Waals surface area contributed by atoms with E-state index in [2.05, 4.69) is 170 Å². The fourth-order valence-electron chi connectivity index (χ4n) is 7.54. The van der Waals surface area contributed by atoms with Crippen LogP contribution in [0.2, 0.25) is 0 Å². The van der Waals surface area contributed by atoms with Crippen molar-refractivity contribution in [2.24, 2.45) is 0 Å². The Morgan fingerprint density at radius 2 is 1.22 bits per heavy atom. The minimum Gasteiger partial charge on any atom is -0.309 e. The van der Waals surface area contributed by atoms with Gasteiger partial charge in [0, 0.05) is 36.8 Å². The molecule has 0 radical (unpaired) electrons. The quantitative estimate of drug-likeness (QED) is 0.196. The van der Waals surface area contributed by atoms with E-state index in [4.69, 9.17) is 0 Å². The zero-order valence-electron chi connectivity index (χ0n) is 25.3. The molecule has 9 rings (SSSR count). The minimum atomic E-state index is -0.0969. The molecule has 0 atom stereocenters. The lowest BCUT2D eigenvalue weighted by Crippen LogP contribution is -2.17. The molecule has 1 nitrogen and oxygen atoms in total. The molecular weight excluding hydrogens is 563 g/mol. The maximum absolute atomic E-state index is 2.52.